The van der Waals surface area contributed by atoms with Gasteiger partial charge in [0.2, 0.25) is 5.91 Å². The highest BCUT2D eigenvalue weighted by molar-refractivity contribution is 5.96. The lowest BCUT2D eigenvalue weighted by atomic mass is 10.1. The molecule has 1 amide bonds. The van der Waals surface area contributed by atoms with Gasteiger partial charge < -0.3 is 10.2 Å². The van der Waals surface area contributed by atoms with E-state index >= 15 is 0 Å². The van der Waals surface area contributed by atoms with Crippen molar-refractivity contribution < 1.29 is 4.79 Å². The molecule has 0 aromatic heterocycles. The van der Waals surface area contributed by atoms with Crippen LogP contribution < -0.4 is 10.2 Å². The number of nitrogens with one attached hydrogen (secondary N) is 1. The highest BCUT2D eigenvalue weighted by atomic mass is 16.2. The summed E-state index contributed by atoms with van der Waals surface area (Å²) < 4.78 is 0. The van der Waals surface area contributed by atoms with Crippen LogP contribution in [0.25, 0.3) is 0 Å². The Morgan fingerprint density at radius 3 is 2.52 bits per heavy atom. The van der Waals surface area contributed by atoms with Crippen LogP contribution in [0.1, 0.15) is 57.4 Å². The fourth-order valence-electron chi connectivity index (χ4n) is 2.93. The van der Waals surface area contributed by atoms with Crippen LogP contribution in [0.15, 0.2) is 24.3 Å². The molecule has 3 nitrogen and oxygen atoms in total. The molecule has 1 aromatic rings. The van der Waals surface area contributed by atoms with E-state index in [0.29, 0.717) is 6.54 Å². The standard InChI is InChI=1S/C18H28N2O/c1-2-3-4-5-6-7-10-13-20-17-12-9-8-11-16(17)14-19-15-18(20)21/h8-9,11-12,19H,2-7,10,13-15H2,1H3. The number of unbranched alkanes of at least 4 members (excludes halogenated alkanes) is 6. The lowest BCUT2D eigenvalue weighted by Crippen LogP contribution is -2.36. The number of benzene rings is 1. The predicted octanol–water partition coefficient (Wildman–Crippen LogP) is 3.87. The summed E-state index contributed by atoms with van der Waals surface area (Å²) in [6.07, 6.45) is 8.96. The minimum absolute atomic E-state index is 0.200. The van der Waals surface area contributed by atoms with Crippen LogP contribution in [0.5, 0.6) is 0 Å². The maximum atomic E-state index is 12.2. The van der Waals surface area contributed by atoms with Crippen LogP contribution in [0.3, 0.4) is 0 Å². The van der Waals surface area contributed by atoms with Crippen molar-refractivity contribution in [2.24, 2.45) is 0 Å². The Balaban J connectivity index is 1.82. The van der Waals surface area contributed by atoms with Crippen molar-refractivity contribution in [3.8, 4) is 0 Å². The van der Waals surface area contributed by atoms with Crippen molar-refractivity contribution in [2.75, 3.05) is 18.0 Å². The van der Waals surface area contributed by atoms with Gasteiger partial charge in [-0.2, -0.15) is 0 Å². The fourth-order valence-corrected chi connectivity index (χ4v) is 2.93. The molecule has 0 fully saturated rings. The molecule has 0 saturated heterocycles. The van der Waals surface area contributed by atoms with Gasteiger partial charge in [0.1, 0.15) is 0 Å². The molecule has 0 unspecified atom stereocenters. The maximum Gasteiger partial charge on any atom is 0.240 e. The Labute approximate surface area is 128 Å². The molecule has 1 aliphatic heterocycles. The molecule has 1 aliphatic rings. The Bertz CT molecular complexity index is 445. The minimum atomic E-state index is 0.200. The van der Waals surface area contributed by atoms with E-state index in [2.05, 4.69) is 24.4 Å². The highest BCUT2D eigenvalue weighted by Gasteiger charge is 2.20. The predicted molar refractivity (Wildman–Crippen MR) is 88.5 cm³/mol. The maximum absolute atomic E-state index is 12.2. The molecule has 21 heavy (non-hydrogen) atoms. The third kappa shape index (κ3) is 4.85. The number of rotatable bonds is 8. The number of amides is 1. The average Bonchev–Trinajstić information content (AvgIpc) is 2.66. The molecule has 1 N–H and O–H groups in total. The second-order valence-electron chi connectivity index (χ2n) is 5.90. The van der Waals surface area contributed by atoms with Crippen molar-refractivity contribution in [1.82, 2.24) is 5.32 Å². The topological polar surface area (TPSA) is 32.3 Å². The molecule has 1 aromatic carbocycles. The largest absolute Gasteiger partial charge is 0.311 e. The van der Waals surface area contributed by atoms with E-state index in [4.69, 9.17) is 0 Å². The molecule has 0 atom stereocenters. The number of nitrogens with zero attached hydrogens (tertiary/aromatic N) is 1. The van der Waals surface area contributed by atoms with Gasteiger partial charge in [-0.05, 0) is 18.1 Å². The van der Waals surface area contributed by atoms with E-state index in [9.17, 15) is 4.79 Å². The fraction of sp³-hybridized carbons (Fsp3) is 0.611. The minimum Gasteiger partial charge on any atom is -0.311 e. The average molecular weight is 288 g/mol. The number of carbonyl (C=O) groups is 1. The Kier molecular flexibility index (Phi) is 6.74. The van der Waals surface area contributed by atoms with Crippen molar-refractivity contribution in [3.05, 3.63) is 29.8 Å². The molecule has 0 spiro atoms. The first-order valence-corrected chi connectivity index (χ1v) is 8.42. The van der Waals surface area contributed by atoms with E-state index in [1.165, 1.54) is 44.1 Å². The zero-order chi connectivity index (χ0) is 14.9. The molecular weight excluding hydrogens is 260 g/mol. The first-order valence-electron chi connectivity index (χ1n) is 8.42. The molecule has 0 radical (unpaired) electrons. The van der Waals surface area contributed by atoms with Crippen molar-refractivity contribution in [3.63, 3.8) is 0 Å². The molecule has 3 heteroatoms. The summed E-state index contributed by atoms with van der Waals surface area (Å²) in [6, 6.07) is 8.25. The summed E-state index contributed by atoms with van der Waals surface area (Å²) in [4.78, 5) is 14.2. The van der Waals surface area contributed by atoms with E-state index in [-0.39, 0.29) is 5.91 Å². The summed E-state index contributed by atoms with van der Waals surface area (Å²) in [5, 5.41) is 3.22. The quantitative estimate of drug-likeness (QED) is 0.736. The molecule has 2 rings (SSSR count). The number of fused-ring (bicyclic) bond motifs is 1. The number of anilines is 1. The lowest BCUT2D eigenvalue weighted by molar-refractivity contribution is -0.117. The Hall–Kier alpha value is -1.35. The zero-order valence-electron chi connectivity index (χ0n) is 13.2. The molecule has 1 heterocycles. The summed E-state index contributed by atoms with van der Waals surface area (Å²) in [5.74, 6) is 0.200. The van der Waals surface area contributed by atoms with Crippen molar-refractivity contribution >= 4 is 11.6 Å². The van der Waals surface area contributed by atoms with Gasteiger partial charge in [0.25, 0.3) is 0 Å². The van der Waals surface area contributed by atoms with Gasteiger partial charge in [0.15, 0.2) is 0 Å². The molecule has 116 valence electrons. The van der Waals surface area contributed by atoms with E-state index in [0.717, 1.165) is 25.2 Å². The third-order valence-electron chi connectivity index (χ3n) is 4.16. The van der Waals surface area contributed by atoms with Crippen molar-refractivity contribution in [1.29, 1.82) is 0 Å². The van der Waals surface area contributed by atoms with Gasteiger partial charge in [-0.3, -0.25) is 4.79 Å². The zero-order valence-corrected chi connectivity index (χ0v) is 13.2. The van der Waals surface area contributed by atoms with Crippen LogP contribution in [0.2, 0.25) is 0 Å². The van der Waals surface area contributed by atoms with E-state index in [1.807, 2.05) is 17.0 Å². The summed E-state index contributed by atoms with van der Waals surface area (Å²) >= 11 is 0. The number of hydrogen-bond acceptors (Lipinski definition) is 2. The molecule has 0 bridgehead atoms. The number of carbonyl (C=O) groups excluding carboxylic acids is 1. The second kappa shape index (κ2) is 8.83. The lowest BCUT2D eigenvalue weighted by Gasteiger charge is -2.22. The van der Waals surface area contributed by atoms with Crippen LogP contribution in [0, 0.1) is 0 Å². The van der Waals surface area contributed by atoms with Gasteiger partial charge in [-0.1, -0.05) is 63.6 Å². The van der Waals surface area contributed by atoms with Crippen LogP contribution >= 0.6 is 0 Å². The van der Waals surface area contributed by atoms with Crippen LogP contribution in [-0.2, 0) is 11.3 Å². The van der Waals surface area contributed by atoms with Gasteiger partial charge in [-0.25, -0.2) is 0 Å². The number of hydrogen-bond donors (Lipinski definition) is 1. The van der Waals surface area contributed by atoms with Crippen LogP contribution in [-0.4, -0.2) is 19.0 Å². The Morgan fingerprint density at radius 2 is 1.71 bits per heavy atom. The smallest absolute Gasteiger partial charge is 0.240 e. The van der Waals surface area contributed by atoms with Crippen LogP contribution in [0.4, 0.5) is 5.69 Å². The van der Waals surface area contributed by atoms with Gasteiger partial charge in [0.05, 0.1) is 6.54 Å². The molecule has 0 saturated carbocycles. The third-order valence-corrected chi connectivity index (χ3v) is 4.16. The summed E-state index contributed by atoms with van der Waals surface area (Å²) in [5.41, 5.74) is 2.32. The molecular formula is C18H28N2O. The summed E-state index contributed by atoms with van der Waals surface area (Å²) in [6.45, 7) is 4.34. The first-order chi connectivity index (χ1) is 10.3. The SMILES string of the molecule is CCCCCCCCCN1C(=O)CNCc2ccccc21. The van der Waals surface area contributed by atoms with E-state index < -0.39 is 0 Å². The van der Waals surface area contributed by atoms with Crippen molar-refractivity contribution in [2.45, 2.75) is 58.4 Å². The molecule has 0 aliphatic carbocycles. The highest BCUT2D eigenvalue weighted by Crippen LogP contribution is 2.23. The van der Waals surface area contributed by atoms with Gasteiger partial charge in [-0.15, -0.1) is 0 Å². The summed E-state index contributed by atoms with van der Waals surface area (Å²) in [7, 11) is 0. The first kappa shape index (κ1) is 16.0. The number of para-hydroxylation sites is 1. The normalized spacial score (nSPS) is 14.9. The second-order valence-corrected chi connectivity index (χ2v) is 5.90. The van der Waals surface area contributed by atoms with Gasteiger partial charge >= 0.3 is 0 Å². The Morgan fingerprint density at radius 1 is 1.00 bits per heavy atom. The van der Waals surface area contributed by atoms with Gasteiger partial charge in [0, 0.05) is 18.8 Å². The monoisotopic (exact) mass is 288 g/mol. The van der Waals surface area contributed by atoms with E-state index in [1.54, 1.807) is 0 Å².